The summed E-state index contributed by atoms with van der Waals surface area (Å²) in [5.74, 6) is 0.148. The minimum absolute atomic E-state index is 0.148. The van der Waals surface area contributed by atoms with E-state index in [0.29, 0.717) is 6.92 Å². The smallest absolute Gasteiger partial charge is 0.394 e. The van der Waals surface area contributed by atoms with Gasteiger partial charge >= 0.3 is 6.11 Å². The Kier molecular flexibility index (Phi) is 3.29. The highest BCUT2D eigenvalue weighted by molar-refractivity contribution is 5.35. The van der Waals surface area contributed by atoms with Crippen molar-refractivity contribution in [1.29, 1.82) is 0 Å². The maximum atomic E-state index is 12.6. The second kappa shape index (κ2) is 4.14. The molecule has 0 saturated carbocycles. The molecule has 0 aliphatic rings. The van der Waals surface area contributed by atoms with Crippen molar-refractivity contribution in [3.05, 3.63) is 29.3 Å². The number of hydrogen-bond acceptors (Lipinski definition) is 2. The largest absolute Gasteiger partial charge is 0.433 e. The summed E-state index contributed by atoms with van der Waals surface area (Å²) >= 11 is 0. The van der Waals surface area contributed by atoms with Gasteiger partial charge in [0.05, 0.1) is 0 Å². The molecule has 4 heteroatoms. The first-order valence-electron chi connectivity index (χ1n) is 4.72. The molecule has 1 aromatic rings. The summed E-state index contributed by atoms with van der Waals surface area (Å²) in [5, 5.41) is 0. The number of ether oxygens (including phenoxy) is 1. The Morgan fingerprint density at radius 1 is 1.33 bits per heavy atom. The highest BCUT2D eigenvalue weighted by Crippen LogP contribution is 2.25. The maximum Gasteiger partial charge on any atom is 0.394 e. The third kappa shape index (κ3) is 3.83. The molecule has 0 saturated heterocycles. The Balaban J connectivity index is 2.99. The second-order valence-corrected chi connectivity index (χ2v) is 3.78. The van der Waals surface area contributed by atoms with Crippen molar-refractivity contribution in [2.45, 2.75) is 32.9 Å². The lowest BCUT2D eigenvalue weighted by Crippen LogP contribution is -2.19. The number of hydrogen-bond donors (Lipinski definition) is 1. The van der Waals surface area contributed by atoms with Crippen molar-refractivity contribution >= 4 is 0 Å². The van der Waals surface area contributed by atoms with Gasteiger partial charge in [-0.15, -0.1) is 0 Å². The topological polar surface area (TPSA) is 35.2 Å². The fourth-order valence-corrected chi connectivity index (χ4v) is 1.31. The Hall–Kier alpha value is -1.16. The van der Waals surface area contributed by atoms with E-state index >= 15 is 0 Å². The monoisotopic (exact) mass is 215 g/mol. The van der Waals surface area contributed by atoms with Crippen LogP contribution >= 0.6 is 0 Å². The minimum Gasteiger partial charge on any atom is -0.433 e. The van der Waals surface area contributed by atoms with Crippen LogP contribution in [0.3, 0.4) is 0 Å². The van der Waals surface area contributed by atoms with E-state index in [0.717, 1.165) is 11.1 Å². The van der Waals surface area contributed by atoms with E-state index in [1.54, 1.807) is 13.0 Å². The predicted molar refractivity (Wildman–Crippen MR) is 55.0 cm³/mol. The third-order valence-corrected chi connectivity index (χ3v) is 1.90. The quantitative estimate of drug-likeness (QED) is 0.841. The van der Waals surface area contributed by atoms with E-state index in [9.17, 15) is 8.78 Å². The van der Waals surface area contributed by atoms with Gasteiger partial charge in [-0.1, -0.05) is 6.07 Å². The molecule has 0 amide bonds. The fourth-order valence-electron chi connectivity index (χ4n) is 1.31. The predicted octanol–water partition coefficient (Wildman–Crippen LogP) is 3.01. The van der Waals surface area contributed by atoms with Crippen LogP contribution in [0, 0.1) is 6.92 Å². The zero-order valence-electron chi connectivity index (χ0n) is 9.05. The van der Waals surface area contributed by atoms with E-state index in [2.05, 4.69) is 4.74 Å². The van der Waals surface area contributed by atoms with Crippen molar-refractivity contribution in [3.8, 4) is 5.75 Å². The SMILES string of the molecule is Cc1cc(OC(C)(F)F)cc(C(C)N)c1. The third-order valence-electron chi connectivity index (χ3n) is 1.90. The van der Waals surface area contributed by atoms with Crippen LogP contribution in [0.25, 0.3) is 0 Å². The minimum atomic E-state index is -3.16. The number of alkyl halides is 2. The molecule has 1 rings (SSSR count). The van der Waals surface area contributed by atoms with Gasteiger partial charge in [-0.3, -0.25) is 0 Å². The molecule has 2 nitrogen and oxygen atoms in total. The molecule has 0 heterocycles. The molecule has 15 heavy (non-hydrogen) atoms. The number of aryl methyl sites for hydroxylation is 1. The maximum absolute atomic E-state index is 12.6. The Bertz CT molecular complexity index is 345. The van der Waals surface area contributed by atoms with Crippen LogP contribution in [0.1, 0.15) is 31.0 Å². The van der Waals surface area contributed by atoms with Crippen LogP contribution in [0.5, 0.6) is 5.75 Å². The molecule has 0 aliphatic carbocycles. The summed E-state index contributed by atoms with van der Waals surface area (Å²) in [6, 6.07) is 4.75. The first kappa shape index (κ1) is 11.9. The average Bonchev–Trinajstić information content (AvgIpc) is 1.99. The Morgan fingerprint density at radius 2 is 1.93 bits per heavy atom. The molecule has 0 fully saturated rings. The molecular weight excluding hydrogens is 200 g/mol. The van der Waals surface area contributed by atoms with E-state index < -0.39 is 6.11 Å². The Morgan fingerprint density at radius 3 is 2.40 bits per heavy atom. The van der Waals surface area contributed by atoms with Crippen molar-refractivity contribution < 1.29 is 13.5 Å². The molecule has 0 spiro atoms. The summed E-state index contributed by atoms with van der Waals surface area (Å²) in [6.45, 7) is 4.32. The van der Waals surface area contributed by atoms with Crippen molar-refractivity contribution in [1.82, 2.24) is 0 Å². The number of halogens is 2. The van der Waals surface area contributed by atoms with Gasteiger partial charge in [0, 0.05) is 13.0 Å². The van der Waals surface area contributed by atoms with Crippen molar-refractivity contribution in [2.75, 3.05) is 0 Å². The molecule has 0 aromatic heterocycles. The summed E-state index contributed by atoms with van der Waals surface area (Å²) in [4.78, 5) is 0. The lowest BCUT2D eigenvalue weighted by Gasteiger charge is -2.15. The van der Waals surface area contributed by atoms with E-state index in [-0.39, 0.29) is 11.8 Å². The first-order valence-corrected chi connectivity index (χ1v) is 4.72. The van der Waals surface area contributed by atoms with Gasteiger partial charge < -0.3 is 10.5 Å². The lowest BCUT2D eigenvalue weighted by molar-refractivity contribution is -0.159. The van der Waals surface area contributed by atoms with Gasteiger partial charge in [0.2, 0.25) is 0 Å². The molecule has 84 valence electrons. The van der Waals surface area contributed by atoms with Gasteiger partial charge in [0.25, 0.3) is 0 Å². The van der Waals surface area contributed by atoms with Crippen LogP contribution in [-0.2, 0) is 0 Å². The molecule has 0 radical (unpaired) electrons. The molecule has 1 atom stereocenters. The average molecular weight is 215 g/mol. The summed E-state index contributed by atoms with van der Waals surface area (Å²) < 4.78 is 29.7. The van der Waals surface area contributed by atoms with Crippen molar-refractivity contribution in [3.63, 3.8) is 0 Å². The first-order chi connectivity index (χ1) is 6.78. The highest BCUT2D eigenvalue weighted by Gasteiger charge is 2.23. The lowest BCUT2D eigenvalue weighted by atomic mass is 10.1. The van der Waals surface area contributed by atoms with Crippen LogP contribution in [0.2, 0.25) is 0 Å². The summed E-state index contributed by atoms with van der Waals surface area (Å²) in [7, 11) is 0. The zero-order valence-corrected chi connectivity index (χ0v) is 9.05. The Labute approximate surface area is 88.0 Å². The number of benzene rings is 1. The van der Waals surface area contributed by atoms with Gasteiger partial charge in [0.1, 0.15) is 5.75 Å². The van der Waals surface area contributed by atoms with Gasteiger partial charge in [-0.25, -0.2) is 0 Å². The van der Waals surface area contributed by atoms with Gasteiger partial charge in [-0.05, 0) is 37.1 Å². The normalized spacial score (nSPS) is 13.7. The summed E-state index contributed by atoms with van der Waals surface area (Å²) in [5.41, 5.74) is 7.31. The van der Waals surface area contributed by atoms with Gasteiger partial charge in [-0.2, -0.15) is 8.78 Å². The zero-order chi connectivity index (χ0) is 11.6. The number of nitrogens with two attached hydrogens (primary N) is 1. The molecule has 0 bridgehead atoms. The van der Waals surface area contributed by atoms with E-state index in [4.69, 9.17) is 5.73 Å². The summed E-state index contributed by atoms with van der Waals surface area (Å²) in [6.07, 6.45) is -3.16. The van der Waals surface area contributed by atoms with Crippen LogP contribution < -0.4 is 10.5 Å². The second-order valence-electron chi connectivity index (χ2n) is 3.78. The highest BCUT2D eigenvalue weighted by atomic mass is 19.3. The van der Waals surface area contributed by atoms with E-state index in [1.807, 2.05) is 13.0 Å². The molecule has 1 unspecified atom stereocenters. The van der Waals surface area contributed by atoms with Crippen LogP contribution in [0.15, 0.2) is 18.2 Å². The fraction of sp³-hybridized carbons (Fsp3) is 0.455. The molecule has 2 N–H and O–H groups in total. The molecule has 0 aliphatic heterocycles. The standard InChI is InChI=1S/C11H15F2NO/c1-7-4-9(8(2)14)6-10(5-7)15-11(3,12)13/h4-6,8H,14H2,1-3H3. The van der Waals surface area contributed by atoms with Crippen LogP contribution in [0.4, 0.5) is 8.78 Å². The molecule has 1 aromatic carbocycles. The van der Waals surface area contributed by atoms with Gasteiger partial charge in [0.15, 0.2) is 0 Å². The number of rotatable bonds is 3. The van der Waals surface area contributed by atoms with Crippen LogP contribution in [-0.4, -0.2) is 6.11 Å². The van der Waals surface area contributed by atoms with Crippen molar-refractivity contribution in [2.24, 2.45) is 5.73 Å². The van der Waals surface area contributed by atoms with E-state index in [1.165, 1.54) is 6.07 Å². The molecular formula is C11H15F2NO.